The van der Waals surface area contributed by atoms with E-state index in [4.69, 9.17) is 4.74 Å². The van der Waals surface area contributed by atoms with E-state index in [0.717, 1.165) is 50.2 Å². The van der Waals surface area contributed by atoms with E-state index in [0.29, 0.717) is 6.10 Å². The third-order valence-electron chi connectivity index (χ3n) is 3.66. The molecule has 0 bridgehead atoms. The van der Waals surface area contributed by atoms with Gasteiger partial charge in [0.15, 0.2) is 0 Å². The van der Waals surface area contributed by atoms with E-state index in [1.165, 1.54) is 0 Å². The minimum atomic E-state index is -0.423. The lowest BCUT2D eigenvalue weighted by molar-refractivity contribution is 0.0439. The van der Waals surface area contributed by atoms with Crippen LogP contribution in [-0.2, 0) is 4.74 Å². The van der Waals surface area contributed by atoms with Gasteiger partial charge in [0.25, 0.3) is 0 Å². The number of rotatable bonds is 5. The fourth-order valence-corrected chi connectivity index (χ4v) is 2.71. The summed E-state index contributed by atoms with van der Waals surface area (Å²) in [5.74, 6) is 0. The summed E-state index contributed by atoms with van der Waals surface area (Å²) < 4.78 is 5.88. The molecule has 1 heterocycles. The smallest absolute Gasteiger partial charge is 0.0781 e. The highest BCUT2D eigenvalue weighted by Crippen LogP contribution is 2.29. The quantitative estimate of drug-likeness (QED) is 0.886. The van der Waals surface area contributed by atoms with Crippen LogP contribution in [0.5, 0.6) is 0 Å². The Kier molecular flexibility index (Phi) is 5.23. The number of benzene rings is 1. The molecule has 1 aromatic carbocycles. The molecular formula is C16H25NO2. The Morgan fingerprint density at radius 1 is 1.42 bits per heavy atom. The largest absolute Gasteiger partial charge is 0.389 e. The number of aliphatic hydroxyl groups excluding tert-OH is 1. The zero-order valence-electron chi connectivity index (χ0n) is 12.0. The minimum absolute atomic E-state index is 0.329. The van der Waals surface area contributed by atoms with Gasteiger partial charge in [-0.15, -0.1) is 0 Å². The van der Waals surface area contributed by atoms with E-state index in [-0.39, 0.29) is 0 Å². The molecule has 0 saturated carbocycles. The summed E-state index contributed by atoms with van der Waals surface area (Å²) in [5.41, 5.74) is 2.17. The van der Waals surface area contributed by atoms with Crippen LogP contribution in [-0.4, -0.2) is 30.9 Å². The Labute approximate surface area is 116 Å². The fraction of sp³-hybridized carbons (Fsp3) is 0.625. The fourth-order valence-electron chi connectivity index (χ4n) is 2.71. The molecule has 0 radical (unpaired) electrons. The second kappa shape index (κ2) is 6.92. The first-order valence-electron chi connectivity index (χ1n) is 7.36. The van der Waals surface area contributed by atoms with Crippen LogP contribution in [0, 0.1) is 0 Å². The van der Waals surface area contributed by atoms with Crippen molar-refractivity contribution >= 4 is 5.69 Å². The van der Waals surface area contributed by atoms with Crippen molar-refractivity contribution in [1.82, 2.24) is 0 Å². The molecule has 106 valence electrons. The lowest BCUT2D eigenvalue weighted by Gasteiger charge is -2.35. The number of hydrogen-bond acceptors (Lipinski definition) is 3. The molecule has 2 rings (SSSR count). The number of aliphatic hydroxyl groups is 1. The second-order valence-corrected chi connectivity index (χ2v) is 5.32. The average molecular weight is 263 g/mol. The van der Waals surface area contributed by atoms with Crippen molar-refractivity contribution in [2.75, 3.05) is 24.6 Å². The average Bonchev–Trinajstić information content (AvgIpc) is 2.45. The van der Waals surface area contributed by atoms with E-state index in [1.54, 1.807) is 0 Å². The summed E-state index contributed by atoms with van der Waals surface area (Å²) in [5, 5.41) is 9.88. The third-order valence-corrected chi connectivity index (χ3v) is 3.66. The molecule has 1 fully saturated rings. The first kappa shape index (κ1) is 14.4. The molecule has 3 heteroatoms. The Hall–Kier alpha value is -1.06. The summed E-state index contributed by atoms with van der Waals surface area (Å²) in [6, 6.07) is 8.14. The number of ether oxygens (including phenoxy) is 1. The topological polar surface area (TPSA) is 32.7 Å². The normalized spacial score (nSPS) is 21.4. The van der Waals surface area contributed by atoms with Crippen molar-refractivity contribution in [1.29, 1.82) is 0 Å². The monoisotopic (exact) mass is 263 g/mol. The molecule has 0 spiro atoms. The van der Waals surface area contributed by atoms with Gasteiger partial charge in [-0.1, -0.05) is 25.1 Å². The molecule has 2 atom stereocenters. The predicted octanol–water partition coefficient (Wildman–Crippen LogP) is 3.14. The Morgan fingerprint density at radius 3 is 2.95 bits per heavy atom. The van der Waals surface area contributed by atoms with Crippen LogP contribution >= 0.6 is 0 Å². The van der Waals surface area contributed by atoms with Gasteiger partial charge in [0.1, 0.15) is 0 Å². The van der Waals surface area contributed by atoms with Crippen molar-refractivity contribution < 1.29 is 9.84 Å². The number of anilines is 1. The second-order valence-electron chi connectivity index (χ2n) is 5.32. The van der Waals surface area contributed by atoms with E-state index in [1.807, 2.05) is 25.1 Å². The predicted molar refractivity (Wildman–Crippen MR) is 78.6 cm³/mol. The Morgan fingerprint density at radius 2 is 2.21 bits per heavy atom. The van der Waals surface area contributed by atoms with Gasteiger partial charge in [0, 0.05) is 30.9 Å². The summed E-state index contributed by atoms with van der Waals surface area (Å²) in [4.78, 5) is 2.35. The van der Waals surface area contributed by atoms with Gasteiger partial charge in [0.2, 0.25) is 0 Å². The van der Waals surface area contributed by atoms with Gasteiger partial charge in [0.05, 0.1) is 12.2 Å². The van der Waals surface area contributed by atoms with Gasteiger partial charge >= 0.3 is 0 Å². The summed E-state index contributed by atoms with van der Waals surface area (Å²) in [6.45, 7) is 6.80. The van der Waals surface area contributed by atoms with Crippen molar-refractivity contribution in [2.24, 2.45) is 0 Å². The number of nitrogens with zero attached hydrogens (tertiary/aromatic N) is 1. The summed E-state index contributed by atoms with van der Waals surface area (Å²) >= 11 is 0. The maximum atomic E-state index is 9.88. The zero-order valence-corrected chi connectivity index (χ0v) is 12.0. The van der Waals surface area contributed by atoms with Crippen LogP contribution in [0.25, 0.3) is 0 Å². The third kappa shape index (κ3) is 3.71. The van der Waals surface area contributed by atoms with E-state index in [2.05, 4.69) is 17.9 Å². The molecule has 0 aliphatic carbocycles. The van der Waals surface area contributed by atoms with Gasteiger partial charge in [-0.05, 0) is 32.3 Å². The highest BCUT2D eigenvalue weighted by Gasteiger charge is 2.22. The molecule has 0 amide bonds. The highest BCUT2D eigenvalue weighted by atomic mass is 16.5. The van der Waals surface area contributed by atoms with Gasteiger partial charge < -0.3 is 14.7 Å². The van der Waals surface area contributed by atoms with Crippen LogP contribution in [0.15, 0.2) is 24.3 Å². The van der Waals surface area contributed by atoms with E-state index in [9.17, 15) is 5.11 Å². The molecule has 1 aliphatic heterocycles. The lowest BCUT2D eigenvalue weighted by Crippen LogP contribution is -2.40. The first-order chi connectivity index (χ1) is 9.22. The van der Waals surface area contributed by atoms with Crippen LogP contribution in [0.4, 0.5) is 5.69 Å². The Bertz CT molecular complexity index is 392. The molecule has 1 aromatic rings. The number of piperidine rings is 1. The van der Waals surface area contributed by atoms with Gasteiger partial charge in [-0.2, -0.15) is 0 Å². The minimum Gasteiger partial charge on any atom is -0.389 e. The zero-order chi connectivity index (χ0) is 13.7. The molecule has 1 N–H and O–H groups in total. The molecule has 1 unspecified atom stereocenters. The molecule has 3 nitrogen and oxygen atoms in total. The van der Waals surface area contributed by atoms with Crippen LogP contribution < -0.4 is 4.90 Å². The van der Waals surface area contributed by atoms with E-state index < -0.39 is 6.10 Å². The number of hydrogen-bond donors (Lipinski definition) is 1. The van der Waals surface area contributed by atoms with Crippen molar-refractivity contribution in [3.63, 3.8) is 0 Å². The highest BCUT2D eigenvalue weighted by molar-refractivity contribution is 5.55. The van der Waals surface area contributed by atoms with Crippen molar-refractivity contribution in [3.8, 4) is 0 Å². The Balaban J connectivity index is 2.08. The van der Waals surface area contributed by atoms with Crippen molar-refractivity contribution in [2.45, 2.75) is 45.3 Å². The SMILES string of the molecule is CCCOC1CCCN(c2ccccc2[C@@H](C)O)C1. The molecule has 1 saturated heterocycles. The van der Waals surface area contributed by atoms with Crippen molar-refractivity contribution in [3.05, 3.63) is 29.8 Å². The molecular weight excluding hydrogens is 238 g/mol. The standard InChI is InChI=1S/C16H25NO2/c1-3-11-19-14-7-6-10-17(12-14)16-9-5-4-8-15(16)13(2)18/h4-5,8-9,13-14,18H,3,6-7,10-12H2,1-2H3/t13-,14?/m1/s1. The summed E-state index contributed by atoms with van der Waals surface area (Å²) in [7, 11) is 0. The van der Waals surface area contributed by atoms with Gasteiger partial charge in [-0.3, -0.25) is 0 Å². The lowest BCUT2D eigenvalue weighted by atomic mass is 10.0. The maximum Gasteiger partial charge on any atom is 0.0781 e. The van der Waals surface area contributed by atoms with Crippen LogP contribution in [0.3, 0.4) is 0 Å². The van der Waals surface area contributed by atoms with E-state index >= 15 is 0 Å². The summed E-state index contributed by atoms with van der Waals surface area (Å²) in [6.07, 6.45) is 3.28. The molecule has 1 aliphatic rings. The van der Waals surface area contributed by atoms with Crippen LogP contribution in [0.2, 0.25) is 0 Å². The molecule has 19 heavy (non-hydrogen) atoms. The molecule has 0 aromatic heterocycles. The maximum absolute atomic E-state index is 9.88. The van der Waals surface area contributed by atoms with Crippen LogP contribution in [0.1, 0.15) is 44.8 Å². The number of para-hydroxylation sites is 1. The van der Waals surface area contributed by atoms with Gasteiger partial charge in [-0.25, -0.2) is 0 Å². The first-order valence-corrected chi connectivity index (χ1v) is 7.36.